The molecule has 0 spiro atoms. The van der Waals surface area contributed by atoms with Crippen LogP contribution < -0.4 is 11.5 Å². The minimum absolute atomic E-state index is 0.000736. The molecule has 0 bridgehead atoms. The molecule has 0 unspecified atom stereocenters. The van der Waals surface area contributed by atoms with E-state index in [9.17, 15) is 18.4 Å². The van der Waals surface area contributed by atoms with Crippen molar-refractivity contribution in [2.45, 2.75) is 42.7 Å². The first-order valence-corrected chi connectivity index (χ1v) is 9.56. The van der Waals surface area contributed by atoms with Gasteiger partial charge in [0.05, 0.1) is 12.2 Å². The highest BCUT2D eigenvalue weighted by atomic mass is 32.2. The van der Waals surface area contributed by atoms with E-state index in [-0.39, 0.29) is 32.1 Å². The molecule has 1 aromatic heterocycles. The Balaban J connectivity index is 2.41. The molecular weight excluding hydrogens is 406 g/mol. The van der Waals surface area contributed by atoms with Crippen molar-refractivity contribution in [2.75, 3.05) is 13.2 Å². The van der Waals surface area contributed by atoms with Crippen LogP contribution in [0.5, 0.6) is 0 Å². The molecule has 0 aliphatic rings. The largest absolute Gasteiger partial charge is 0.449 e. The third-order valence-electron chi connectivity index (χ3n) is 3.75. The summed E-state index contributed by atoms with van der Waals surface area (Å²) in [6.07, 6.45) is -1.58. The van der Waals surface area contributed by atoms with Crippen molar-refractivity contribution in [3.8, 4) is 0 Å². The number of amides is 2. The molecule has 0 aliphatic heterocycles. The van der Waals surface area contributed by atoms with E-state index in [0.717, 1.165) is 17.8 Å². The number of imidazole rings is 1. The Morgan fingerprint density at radius 2 is 1.69 bits per heavy atom. The van der Waals surface area contributed by atoms with E-state index in [1.165, 1.54) is 12.1 Å². The maximum Gasteiger partial charge on any atom is 0.404 e. The van der Waals surface area contributed by atoms with Crippen molar-refractivity contribution < 1.29 is 27.8 Å². The number of primary amides is 2. The van der Waals surface area contributed by atoms with Gasteiger partial charge in [-0.3, -0.25) is 0 Å². The second kappa shape index (κ2) is 10.1. The molecule has 158 valence electrons. The fourth-order valence-electron chi connectivity index (χ4n) is 2.59. The van der Waals surface area contributed by atoms with Gasteiger partial charge in [-0.1, -0.05) is 25.6 Å². The lowest BCUT2D eigenvalue weighted by Gasteiger charge is -2.13. The minimum atomic E-state index is -0.922. The van der Waals surface area contributed by atoms with Gasteiger partial charge in [-0.2, -0.15) is 0 Å². The van der Waals surface area contributed by atoms with Gasteiger partial charge in [-0.25, -0.2) is 23.4 Å². The summed E-state index contributed by atoms with van der Waals surface area (Å²) >= 11 is 1.13. The molecule has 0 radical (unpaired) electrons. The first-order valence-electron chi connectivity index (χ1n) is 8.75. The van der Waals surface area contributed by atoms with E-state index in [0.29, 0.717) is 21.4 Å². The van der Waals surface area contributed by atoms with Crippen molar-refractivity contribution in [3.63, 3.8) is 0 Å². The Morgan fingerprint density at radius 1 is 1.10 bits per heavy atom. The summed E-state index contributed by atoms with van der Waals surface area (Å²) in [5.41, 5.74) is 10.7. The SMILES string of the molecule is CC(C)c1nc(CCOC(N)=O)n(CCOC(N)=O)c1Sc1cc(F)cc(F)c1. The molecule has 1 heterocycles. The number of hydrogen-bond acceptors (Lipinski definition) is 6. The normalized spacial score (nSPS) is 10.9. The quantitative estimate of drug-likeness (QED) is 0.632. The molecule has 0 saturated heterocycles. The molecule has 2 rings (SSSR count). The standard InChI is InChI=1S/C18H22F2N4O4S/c1-10(2)15-16(29-13-8-11(19)7-12(20)9-13)24(4-6-28-18(22)26)14(23-15)3-5-27-17(21)25/h7-10H,3-6H2,1-2H3,(H2,21,25)(H2,22,26). The number of nitrogens with zero attached hydrogens (tertiary/aromatic N) is 2. The Kier molecular flexibility index (Phi) is 7.82. The number of rotatable bonds is 9. The lowest BCUT2D eigenvalue weighted by Crippen LogP contribution is -2.19. The number of nitrogens with two attached hydrogens (primary N) is 2. The van der Waals surface area contributed by atoms with Gasteiger partial charge in [0, 0.05) is 17.4 Å². The van der Waals surface area contributed by atoms with E-state index >= 15 is 0 Å². The summed E-state index contributed by atoms with van der Waals surface area (Å²) in [5.74, 6) is -0.860. The highest BCUT2D eigenvalue weighted by Crippen LogP contribution is 2.35. The summed E-state index contributed by atoms with van der Waals surface area (Å²) < 4.78 is 38.6. The molecule has 4 N–H and O–H groups in total. The first kappa shape index (κ1) is 22.5. The van der Waals surface area contributed by atoms with E-state index < -0.39 is 23.8 Å². The van der Waals surface area contributed by atoms with Gasteiger partial charge >= 0.3 is 12.2 Å². The molecule has 1 aromatic carbocycles. The number of aromatic nitrogens is 2. The third kappa shape index (κ3) is 6.63. The maximum atomic E-state index is 13.6. The number of carbonyl (C=O) groups excluding carboxylic acids is 2. The zero-order valence-electron chi connectivity index (χ0n) is 16.0. The van der Waals surface area contributed by atoms with Crippen molar-refractivity contribution in [1.82, 2.24) is 9.55 Å². The Hall–Kier alpha value is -2.82. The molecule has 0 aliphatic carbocycles. The second-order valence-electron chi connectivity index (χ2n) is 6.32. The zero-order valence-corrected chi connectivity index (χ0v) is 16.8. The van der Waals surface area contributed by atoms with Crippen LogP contribution in [0.15, 0.2) is 28.1 Å². The lowest BCUT2D eigenvalue weighted by molar-refractivity contribution is 0.148. The predicted molar refractivity (Wildman–Crippen MR) is 102 cm³/mol. The highest BCUT2D eigenvalue weighted by molar-refractivity contribution is 7.99. The Bertz CT molecular complexity index is 869. The van der Waals surface area contributed by atoms with Crippen molar-refractivity contribution >= 4 is 23.9 Å². The molecule has 8 nitrogen and oxygen atoms in total. The number of benzene rings is 1. The maximum absolute atomic E-state index is 13.6. The van der Waals surface area contributed by atoms with Crippen LogP contribution in [0.25, 0.3) is 0 Å². The molecule has 0 fully saturated rings. The van der Waals surface area contributed by atoms with Crippen molar-refractivity contribution in [2.24, 2.45) is 11.5 Å². The molecular formula is C18H22F2N4O4S. The summed E-state index contributed by atoms with van der Waals surface area (Å²) in [6, 6.07) is 3.22. The summed E-state index contributed by atoms with van der Waals surface area (Å²) in [6.45, 7) is 4.02. The van der Waals surface area contributed by atoms with Gasteiger partial charge in [-0.05, 0) is 18.1 Å². The zero-order chi connectivity index (χ0) is 21.6. The highest BCUT2D eigenvalue weighted by Gasteiger charge is 2.21. The van der Waals surface area contributed by atoms with Crippen molar-refractivity contribution in [1.29, 1.82) is 0 Å². The van der Waals surface area contributed by atoms with Gasteiger partial charge < -0.3 is 25.5 Å². The van der Waals surface area contributed by atoms with E-state index in [1.807, 2.05) is 13.8 Å². The van der Waals surface area contributed by atoms with Gasteiger partial charge in [0.1, 0.15) is 35.7 Å². The van der Waals surface area contributed by atoms with Gasteiger partial charge in [0.2, 0.25) is 0 Å². The first-order chi connectivity index (χ1) is 13.7. The number of ether oxygens (including phenoxy) is 2. The van der Waals surface area contributed by atoms with Crippen LogP contribution in [-0.4, -0.2) is 35.0 Å². The number of carbonyl (C=O) groups is 2. The van der Waals surface area contributed by atoms with Crippen LogP contribution in [0.2, 0.25) is 0 Å². The lowest BCUT2D eigenvalue weighted by atomic mass is 10.1. The van der Waals surface area contributed by atoms with Crippen LogP contribution in [0.1, 0.15) is 31.3 Å². The third-order valence-corrected chi connectivity index (χ3v) is 4.85. The summed E-state index contributed by atoms with van der Waals surface area (Å²) in [5, 5.41) is 0.632. The monoisotopic (exact) mass is 428 g/mol. The Morgan fingerprint density at radius 3 is 2.24 bits per heavy atom. The average Bonchev–Trinajstić information content (AvgIpc) is 2.91. The van der Waals surface area contributed by atoms with Gasteiger partial charge in [0.25, 0.3) is 0 Å². The van der Waals surface area contributed by atoms with Crippen LogP contribution >= 0.6 is 11.8 Å². The van der Waals surface area contributed by atoms with Crippen LogP contribution in [0.3, 0.4) is 0 Å². The fourth-order valence-corrected chi connectivity index (χ4v) is 3.85. The minimum Gasteiger partial charge on any atom is -0.449 e. The number of halogens is 2. The predicted octanol–water partition coefficient (Wildman–Crippen LogP) is 3.17. The van der Waals surface area contributed by atoms with E-state index in [2.05, 4.69) is 4.98 Å². The van der Waals surface area contributed by atoms with E-state index in [4.69, 9.17) is 20.9 Å². The second-order valence-corrected chi connectivity index (χ2v) is 7.38. The van der Waals surface area contributed by atoms with Crippen LogP contribution in [0.4, 0.5) is 18.4 Å². The molecule has 0 saturated carbocycles. The van der Waals surface area contributed by atoms with Gasteiger partial charge in [-0.15, -0.1) is 0 Å². The molecule has 2 aromatic rings. The van der Waals surface area contributed by atoms with Crippen LogP contribution in [0, 0.1) is 11.6 Å². The topological polar surface area (TPSA) is 122 Å². The summed E-state index contributed by atoms with van der Waals surface area (Å²) in [4.78, 5) is 26.7. The fraction of sp³-hybridized carbons (Fsp3) is 0.389. The molecule has 11 heteroatoms. The molecule has 0 atom stereocenters. The van der Waals surface area contributed by atoms with Gasteiger partial charge in [0.15, 0.2) is 0 Å². The van der Waals surface area contributed by atoms with Crippen LogP contribution in [-0.2, 0) is 22.4 Å². The Labute approximate surface area is 170 Å². The molecule has 2 amide bonds. The average molecular weight is 428 g/mol. The summed E-state index contributed by atoms with van der Waals surface area (Å²) in [7, 11) is 0. The van der Waals surface area contributed by atoms with E-state index in [1.54, 1.807) is 4.57 Å². The smallest absolute Gasteiger partial charge is 0.404 e. The number of hydrogen-bond donors (Lipinski definition) is 2. The van der Waals surface area contributed by atoms with Crippen molar-refractivity contribution in [3.05, 3.63) is 41.4 Å². The molecule has 29 heavy (non-hydrogen) atoms.